The van der Waals surface area contributed by atoms with Crippen LogP contribution in [0.5, 0.6) is 0 Å². The fourth-order valence-corrected chi connectivity index (χ4v) is 2.82. The van der Waals surface area contributed by atoms with E-state index in [2.05, 4.69) is 15.9 Å². The minimum Gasteiger partial charge on any atom is -0.273 e. The van der Waals surface area contributed by atoms with Gasteiger partial charge in [-0.15, -0.1) is 0 Å². The zero-order chi connectivity index (χ0) is 11.8. The Kier molecular flexibility index (Phi) is 7.12. The van der Waals surface area contributed by atoms with E-state index in [-0.39, 0.29) is 11.1 Å². The Morgan fingerprint density at radius 1 is 1.06 bits per heavy atom. The Morgan fingerprint density at radius 2 is 1.69 bits per heavy atom. The maximum atomic E-state index is 11.3. The Hall–Kier alpha value is -0.0300. The predicted octanol–water partition coefficient (Wildman–Crippen LogP) is 3.42. The number of alkyl halides is 1. The minimum absolute atomic E-state index is 0.0192. The smallest absolute Gasteiger partial charge is 0.273 e. The summed E-state index contributed by atoms with van der Waals surface area (Å²) in [7, 11) is 0. The van der Waals surface area contributed by atoms with Gasteiger partial charge in [0.05, 0.1) is 5.75 Å². The molecule has 5 heteroatoms. The third-order valence-corrected chi connectivity index (χ3v) is 4.03. The molecule has 0 aromatic heterocycles. The third kappa shape index (κ3) is 4.87. The largest absolute Gasteiger partial charge is 0.288 e. The second-order valence-corrected chi connectivity index (χ2v) is 5.63. The average Bonchev–Trinajstić information content (AvgIpc) is 2.59. The highest BCUT2D eigenvalue weighted by Crippen LogP contribution is 2.19. The Bertz CT molecular complexity index is 232. The van der Waals surface area contributed by atoms with Crippen LogP contribution >= 0.6 is 27.7 Å². The van der Waals surface area contributed by atoms with Gasteiger partial charge in [0.25, 0.3) is 5.24 Å². The van der Waals surface area contributed by atoms with Crippen LogP contribution in [0.25, 0.3) is 0 Å². The lowest BCUT2D eigenvalue weighted by atomic mass is 10.1. The molecule has 0 bridgehead atoms. The van der Waals surface area contributed by atoms with Crippen LogP contribution in [0.3, 0.4) is 0 Å². The number of nitrogens with zero attached hydrogens (tertiary/aromatic N) is 1. The van der Waals surface area contributed by atoms with Crippen molar-refractivity contribution in [3.05, 3.63) is 0 Å². The van der Waals surface area contributed by atoms with Gasteiger partial charge < -0.3 is 0 Å². The van der Waals surface area contributed by atoms with Gasteiger partial charge in [0.2, 0.25) is 5.91 Å². The monoisotopic (exact) mass is 307 g/mol. The summed E-state index contributed by atoms with van der Waals surface area (Å²) in [5.41, 5.74) is 0. The highest BCUT2D eigenvalue weighted by atomic mass is 79.9. The summed E-state index contributed by atoms with van der Waals surface area (Å²) < 4.78 is 0. The molecule has 16 heavy (non-hydrogen) atoms. The zero-order valence-electron chi connectivity index (χ0n) is 9.41. The molecule has 1 rings (SSSR count). The molecule has 1 saturated heterocycles. The van der Waals surface area contributed by atoms with Crippen molar-refractivity contribution in [2.45, 2.75) is 38.5 Å². The number of amides is 2. The van der Waals surface area contributed by atoms with Gasteiger partial charge in [0, 0.05) is 11.9 Å². The number of carbonyl (C=O) groups is 2. The summed E-state index contributed by atoms with van der Waals surface area (Å²) in [5, 5.41) is 1.02. The Labute approximate surface area is 109 Å². The van der Waals surface area contributed by atoms with Crippen molar-refractivity contribution >= 4 is 38.8 Å². The molecule has 0 atom stereocenters. The van der Waals surface area contributed by atoms with Crippen LogP contribution in [-0.4, -0.2) is 33.7 Å². The van der Waals surface area contributed by atoms with Crippen molar-refractivity contribution < 1.29 is 9.59 Å². The maximum Gasteiger partial charge on any atom is 0.288 e. The first-order valence-electron chi connectivity index (χ1n) is 5.79. The first kappa shape index (κ1) is 14.0. The van der Waals surface area contributed by atoms with E-state index in [1.54, 1.807) is 0 Å². The van der Waals surface area contributed by atoms with Crippen LogP contribution in [-0.2, 0) is 4.79 Å². The predicted molar refractivity (Wildman–Crippen MR) is 71.1 cm³/mol. The summed E-state index contributed by atoms with van der Waals surface area (Å²) in [6.45, 7) is 0.614. The Balaban J connectivity index is 1.98. The van der Waals surface area contributed by atoms with Gasteiger partial charge in [-0.25, -0.2) is 0 Å². The number of hydrogen-bond donors (Lipinski definition) is 0. The SMILES string of the molecule is O=C1CSC(=O)N1CCCCCCCCBr. The van der Waals surface area contributed by atoms with Crippen molar-refractivity contribution in [3.8, 4) is 0 Å². The molecule has 0 unspecified atom stereocenters. The van der Waals surface area contributed by atoms with Crippen molar-refractivity contribution in [2.75, 3.05) is 17.6 Å². The molecule has 0 aromatic carbocycles. The highest BCUT2D eigenvalue weighted by Gasteiger charge is 2.28. The molecule has 0 aromatic rings. The van der Waals surface area contributed by atoms with E-state index in [0.717, 1.165) is 29.9 Å². The normalized spacial score (nSPS) is 16.2. The fraction of sp³-hybridized carbons (Fsp3) is 0.818. The Morgan fingerprint density at radius 3 is 2.25 bits per heavy atom. The quantitative estimate of drug-likeness (QED) is 0.509. The van der Waals surface area contributed by atoms with Gasteiger partial charge in [-0.3, -0.25) is 14.5 Å². The van der Waals surface area contributed by atoms with E-state index >= 15 is 0 Å². The highest BCUT2D eigenvalue weighted by molar-refractivity contribution is 9.09. The molecule has 0 radical (unpaired) electrons. The van der Waals surface area contributed by atoms with Crippen LogP contribution in [0.2, 0.25) is 0 Å². The molecule has 0 spiro atoms. The number of imide groups is 1. The van der Waals surface area contributed by atoms with E-state index in [0.29, 0.717) is 12.3 Å². The van der Waals surface area contributed by atoms with Crippen LogP contribution < -0.4 is 0 Å². The molecular formula is C11H18BrNO2S. The maximum absolute atomic E-state index is 11.3. The van der Waals surface area contributed by atoms with Crippen molar-refractivity contribution in [1.82, 2.24) is 4.90 Å². The van der Waals surface area contributed by atoms with Crippen molar-refractivity contribution in [2.24, 2.45) is 0 Å². The fourth-order valence-electron chi connectivity index (χ4n) is 1.67. The number of thioether (sulfide) groups is 1. The molecule has 1 aliphatic heterocycles. The summed E-state index contributed by atoms with van der Waals surface area (Å²) in [4.78, 5) is 23.9. The molecule has 1 heterocycles. The number of rotatable bonds is 8. The molecule has 1 aliphatic rings. The molecule has 92 valence electrons. The zero-order valence-corrected chi connectivity index (χ0v) is 11.8. The van der Waals surface area contributed by atoms with Gasteiger partial charge in [-0.2, -0.15) is 0 Å². The van der Waals surface area contributed by atoms with Crippen molar-refractivity contribution in [1.29, 1.82) is 0 Å². The van der Waals surface area contributed by atoms with E-state index in [9.17, 15) is 9.59 Å². The van der Waals surface area contributed by atoms with Gasteiger partial charge in [-0.05, 0) is 12.8 Å². The topological polar surface area (TPSA) is 37.4 Å². The van der Waals surface area contributed by atoms with Crippen LogP contribution in [0.15, 0.2) is 0 Å². The number of carbonyl (C=O) groups excluding carboxylic acids is 2. The van der Waals surface area contributed by atoms with Gasteiger partial charge in [0.1, 0.15) is 0 Å². The lowest BCUT2D eigenvalue weighted by Crippen LogP contribution is -2.29. The lowest BCUT2D eigenvalue weighted by molar-refractivity contribution is -0.124. The minimum atomic E-state index is -0.0655. The molecule has 3 nitrogen and oxygen atoms in total. The third-order valence-electron chi connectivity index (χ3n) is 2.61. The van der Waals surface area contributed by atoms with Crippen LogP contribution in [0, 0.1) is 0 Å². The molecule has 2 amide bonds. The van der Waals surface area contributed by atoms with E-state index in [4.69, 9.17) is 0 Å². The second-order valence-electron chi connectivity index (χ2n) is 3.91. The van der Waals surface area contributed by atoms with Gasteiger partial charge in [-0.1, -0.05) is 53.4 Å². The second kappa shape index (κ2) is 8.12. The first-order chi connectivity index (χ1) is 7.75. The lowest BCUT2D eigenvalue weighted by Gasteiger charge is -2.11. The van der Waals surface area contributed by atoms with Crippen LogP contribution in [0.4, 0.5) is 4.79 Å². The van der Waals surface area contributed by atoms with Gasteiger partial charge >= 0.3 is 0 Å². The first-order valence-corrected chi connectivity index (χ1v) is 7.89. The van der Waals surface area contributed by atoms with Crippen molar-refractivity contribution in [3.63, 3.8) is 0 Å². The number of unbranched alkanes of at least 4 members (excludes halogenated alkanes) is 5. The van der Waals surface area contributed by atoms with Gasteiger partial charge in [0.15, 0.2) is 0 Å². The molecule has 0 N–H and O–H groups in total. The standard InChI is InChI=1S/C11H18BrNO2S/c12-7-5-3-1-2-4-6-8-13-10(14)9-16-11(13)15/h1-9H2. The summed E-state index contributed by atoms with van der Waals surface area (Å²) in [6.07, 6.45) is 7.03. The van der Waals surface area contributed by atoms with E-state index < -0.39 is 0 Å². The molecule has 0 saturated carbocycles. The summed E-state index contributed by atoms with van der Waals surface area (Å²) in [5.74, 6) is 0.318. The molecule has 0 aliphatic carbocycles. The van der Waals surface area contributed by atoms with Crippen LogP contribution in [0.1, 0.15) is 38.5 Å². The van der Waals surface area contributed by atoms with E-state index in [1.807, 2.05) is 0 Å². The summed E-state index contributed by atoms with van der Waals surface area (Å²) in [6, 6.07) is 0. The number of halogens is 1. The molecular weight excluding hydrogens is 290 g/mol. The summed E-state index contributed by atoms with van der Waals surface area (Å²) >= 11 is 4.53. The average molecular weight is 308 g/mol. The molecule has 1 fully saturated rings. The number of hydrogen-bond acceptors (Lipinski definition) is 3. The van der Waals surface area contributed by atoms with E-state index in [1.165, 1.54) is 30.6 Å².